The molecule has 0 unspecified atom stereocenters. The highest BCUT2D eigenvalue weighted by atomic mass is 35.5. The first kappa shape index (κ1) is 13.3. The molecule has 0 aliphatic rings. The summed E-state index contributed by atoms with van der Waals surface area (Å²) in [5, 5.41) is 1.47. The van der Waals surface area contributed by atoms with Gasteiger partial charge in [-0.05, 0) is 12.5 Å². The van der Waals surface area contributed by atoms with Gasteiger partial charge in [-0.15, -0.1) is 11.3 Å². The molecule has 3 nitrogen and oxygen atoms in total. The van der Waals surface area contributed by atoms with Crippen LogP contribution in [0.4, 0.5) is 5.95 Å². The summed E-state index contributed by atoms with van der Waals surface area (Å²) in [5.41, 5.74) is 2.29. The molecule has 2 aromatic heterocycles. The Balaban J connectivity index is 2.32. The van der Waals surface area contributed by atoms with Gasteiger partial charge in [0.15, 0.2) is 0 Å². The van der Waals surface area contributed by atoms with Crippen molar-refractivity contribution in [2.24, 2.45) is 0 Å². The lowest BCUT2D eigenvalue weighted by atomic mass is 10.0. The van der Waals surface area contributed by atoms with Crippen LogP contribution in [-0.4, -0.2) is 24.1 Å². The molecule has 0 N–H and O–H groups in total. The number of benzene rings is 1. The van der Waals surface area contributed by atoms with Gasteiger partial charge in [-0.3, -0.25) is 0 Å². The standard InChI is InChI=1S/C15H14ClN3S/c1-9-11(10-7-5-4-6-8-10)12-13(16)17-15(19(2)3)18-14(12)20-9/h4-8H,1-3H3. The van der Waals surface area contributed by atoms with Crippen molar-refractivity contribution in [2.45, 2.75) is 6.92 Å². The molecule has 2 heterocycles. The minimum Gasteiger partial charge on any atom is -0.347 e. The molecule has 0 saturated heterocycles. The summed E-state index contributed by atoms with van der Waals surface area (Å²) in [5.74, 6) is 0.642. The van der Waals surface area contributed by atoms with Gasteiger partial charge in [0.25, 0.3) is 0 Å². The zero-order valence-corrected chi connectivity index (χ0v) is 13.1. The fourth-order valence-electron chi connectivity index (χ4n) is 2.21. The van der Waals surface area contributed by atoms with E-state index in [2.05, 4.69) is 29.0 Å². The summed E-state index contributed by atoms with van der Waals surface area (Å²) in [7, 11) is 3.83. The predicted octanol–water partition coefficient (Wildman–Crippen LogP) is 4.39. The zero-order valence-electron chi connectivity index (χ0n) is 11.5. The number of hydrogen-bond donors (Lipinski definition) is 0. The normalized spacial score (nSPS) is 11.0. The monoisotopic (exact) mass is 303 g/mol. The largest absolute Gasteiger partial charge is 0.347 e. The summed E-state index contributed by atoms with van der Waals surface area (Å²) in [4.78, 5) is 13.0. The third-order valence-corrected chi connectivity index (χ3v) is 4.41. The third-order valence-electron chi connectivity index (χ3n) is 3.13. The quantitative estimate of drug-likeness (QED) is 0.658. The summed E-state index contributed by atoms with van der Waals surface area (Å²) in [6.07, 6.45) is 0. The zero-order chi connectivity index (χ0) is 14.3. The van der Waals surface area contributed by atoms with Gasteiger partial charge >= 0.3 is 0 Å². The molecule has 3 rings (SSSR count). The number of rotatable bonds is 2. The summed E-state index contributed by atoms with van der Waals surface area (Å²) in [6.45, 7) is 2.10. The van der Waals surface area contributed by atoms with Crippen molar-refractivity contribution < 1.29 is 0 Å². The molecular weight excluding hydrogens is 290 g/mol. The SMILES string of the molecule is Cc1sc2nc(N(C)C)nc(Cl)c2c1-c1ccccc1. The molecule has 0 aliphatic carbocycles. The smallest absolute Gasteiger partial charge is 0.227 e. The fourth-order valence-corrected chi connectivity index (χ4v) is 3.57. The van der Waals surface area contributed by atoms with Gasteiger partial charge in [0.2, 0.25) is 5.95 Å². The minimum absolute atomic E-state index is 0.516. The van der Waals surface area contributed by atoms with Crippen LogP contribution in [-0.2, 0) is 0 Å². The number of aryl methyl sites for hydroxylation is 1. The average Bonchev–Trinajstić information content (AvgIpc) is 2.76. The molecule has 0 atom stereocenters. The Morgan fingerprint density at radius 2 is 1.80 bits per heavy atom. The van der Waals surface area contributed by atoms with Crippen LogP contribution in [0.25, 0.3) is 21.3 Å². The fraction of sp³-hybridized carbons (Fsp3) is 0.200. The Morgan fingerprint density at radius 1 is 1.10 bits per heavy atom. The molecule has 0 amide bonds. The van der Waals surface area contributed by atoms with Crippen LogP contribution >= 0.6 is 22.9 Å². The summed E-state index contributed by atoms with van der Waals surface area (Å²) >= 11 is 8.06. The predicted molar refractivity (Wildman–Crippen MR) is 86.9 cm³/mol. The first-order valence-corrected chi connectivity index (χ1v) is 7.46. The van der Waals surface area contributed by atoms with Crippen molar-refractivity contribution >= 4 is 39.1 Å². The Hall–Kier alpha value is -1.65. The first-order valence-electron chi connectivity index (χ1n) is 6.27. The number of aromatic nitrogens is 2. The van der Waals surface area contributed by atoms with E-state index in [1.807, 2.05) is 37.2 Å². The molecule has 0 saturated carbocycles. The van der Waals surface area contributed by atoms with Gasteiger partial charge in [-0.2, -0.15) is 0 Å². The van der Waals surface area contributed by atoms with Gasteiger partial charge in [-0.25, -0.2) is 9.97 Å². The van der Waals surface area contributed by atoms with Crippen LogP contribution in [0.15, 0.2) is 30.3 Å². The molecule has 3 aromatic rings. The number of thiophene rings is 1. The molecule has 5 heteroatoms. The molecule has 0 aliphatic heterocycles. The average molecular weight is 304 g/mol. The second-order valence-electron chi connectivity index (χ2n) is 4.79. The number of halogens is 1. The van der Waals surface area contributed by atoms with Crippen molar-refractivity contribution in [2.75, 3.05) is 19.0 Å². The lowest BCUT2D eigenvalue weighted by Crippen LogP contribution is -2.12. The number of fused-ring (bicyclic) bond motifs is 1. The number of hydrogen-bond acceptors (Lipinski definition) is 4. The van der Waals surface area contributed by atoms with E-state index in [0.717, 1.165) is 21.3 Å². The van der Waals surface area contributed by atoms with E-state index in [1.165, 1.54) is 4.88 Å². The van der Waals surface area contributed by atoms with E-state index in [9.17, 15) is 0 Å². The Bertz CT molecular complexity index is 766. The lowest BCUT2D eigenvalue weighted by molar-refractivity contribution is 1.02. The van der Waals surface area contributed by atoms with Crippen LogP contribution in [0.3, 0.4) is 0 Å². The van der Waals surface area contributed by atoms with Crippen molar-refractivity contribution in [1.82, 2.24) is 9.97 Å². The number of anilines is 1. The lowest BCUT2D eigenvalue weighted by Gasteiger charge is -2.10. The minimum atomic E-state index is 0.516. The van der Waals surface area contributed by atoms with Gasteiger partial charge < -0.3 is 4.90 Å². The highest BCUT2D eigenvalue weighted by molar-refractivity contribution is 7.19. The first-order chi connectivity index (χ1) is 9.58. The van der Waals surface area contributed by atoms with Crippen LogP contribution in [0.2, 0.25) is 5.15 Å². The highest BCUT2D eigenvalue weighted by Gasteiger charge is 2.17. The Kier molecular flexibility index (Phi) is 3.36. The van der Waals surface area contributed by atoms with E-state index in [4.69, 9.17) is 11.6 Å². The molecule has 0 radical (unpaired) electrons. The van der Waals surface area contributed by atoms with Crippen molar-refractivity contribution in [3.05, 3.63) is 40.4 Å². The Morgan fingerprint density at radius 3 is 2.45 bits per heavy atom. The van der Waals surface area contributed by atoms with Gasteiger partial charge in [-0.1, -0.05) is 41.9 Å². The molecule has 1 aromatic carbocycles. The van der Waals surface area contributed by atoms with Gasteiger partial charge in [0, 0.05) is 24.5 Å². The molecule has 102 valence electrons. The maximum Gasteiger partial charge on any atom is 0.227 e. The second-order valence-corrected chi connectivity index (χ2v) is 6.35. The summed E-state index contributed by atoms with van der Waals surface area (Å²) in [6, 6.07) is 10.2. The number of nitrogens with zero attached hydrogens (tertiary/aromatic N) is 3. The van der Waals surface area contributed by atoms with E-state index in [-0.39, 0.29) is 0 Å². The van der Waals surface area contributed by atoms with Crippen LogP contribution < -0.4 is 4.90 Å². The van der Waals surface area contributed by atoms with E-state index >= 15 is 0 Å². The second kappa shape index (κ2) is 5.04. The van der Waals surface area contributed by atoms with Gasteiger partial charge in [0.05, 0.1) is 5.39 Å². The van der Waals surface area contributed by atoms with Crippen LogP contribution in [0, 0.1) is 6.92 Å². The molecular formula is C15H14ClN3S. The van der Waals surface area contributed by atoms with Crippen molar-refractivity contribution in [3.8, 4) is 11.1 Å². The highest BCUT2D eigenvalue weighted by Crippen LogP contribution is 2.40. The van der Waals surface area contributed by atoms with Crippen molar-refractivity contribution in [1.29, 1.82) is 0 Å². The summed E-state index contributed by atoms with van der Waals surface area (Å²) < 4.78 is 0. The van der Waals surface area contributed by atoms with E-state index in [0.29, 0.717) is 11.1 Å². The third kappa shape index (κ3) is 2.15. The van der Waals surface area contributed by atoms with Crippen LogP contribution in [0.1, 0.15) is 4.88 Å². The topological polar surface area (TPSA) is 29.0 Å². The van der Waals surface area contributed by atoms with Gasteiger partial charge in [0.1, 0.15) is 9.98 Å². The molecule has 0 fully saturated rings. The maximum atomic E-state index is 6.40. The Labute approximate surface area is 126 Å². The van der Waals surface area contributed by atoms with Crippen LogP contribution in [0.5, 0.6) is 0 Å². The molecule has 0 spiro atoms. The van der Waals surface area contributed by atoms with E-state index in [1.54, 1.807) is 11.3 Å². The van der Waals surface area contributed by atoms with Crippen molar-refractivity contribution in [3.63, 3.8) is 0 Å². The molecule has 20 heavy (non-hydrogen) atoms. The maximum absolute atomic E-state index is 6.40. The van der Waals surface area contributed by atoms with E-state index < -0.39 is 0 Å². The molecule has 0 bridgehead atoms.